The van der Waals surface area contributed by atoms with Gasteiger partial charge in [0.05, 0.1) is 14.2 Å². The number of carbonyl (C=O) groups excluding carboxylic acids is 1. The number of hydrogen-bond donors (Lipinski definition) is 0. The predicted octanol–water partition coefficient (Wildman–Crippen LogP) is 4.68. The van der Waals surface area contributed by atoms with Crippen molar-refractivity contribution in [2.24, 2.45) is 0 Å². The highest BCUT2D eigenvalue weighted by atomic mass is 16.5. The number of hydrogen-bond acceptors (Lipinski definition) is 4. The SMILES string of the molecule is COc1cc(OC)cc(OCC(=O)c2cc(C)n(-c3ccc(C)cc3)c2C)c1. The van der Waals surface area contributed by atoms with Crippen molar-refractivity contribution < 1.29 is 19.0 Å². The van der Waals surface area contributed by atoms with Crippen molar-refractivity contribution in [1.29, 1.82) is 0 Å². The highest BCUT2D eigenvalue weighted by Gasteiger charge is 2.17. The molecule has 0 spiro atoms. The molecule has 3 aromatic rings. The van der Waals surface area contributed by atoms with Gasteiger partial charge in [-0.3, -0.25) is 4.79 Å². The Morgan fingerprint density at radius 2 is 1.43 bits per heavy atom. The Morgan fingerprint density at radius 3 is 2.00 bits per heavy atom. The van der Waals surface area contributed by atoms with Crippen LogP contribution < -0.4 is 14.2 Å². The molecule has 5 nitrogen and oxygen atoms in total. The van der Waals surface area contributed by atoms with Crippen LogP contribution in [0.15, 0.2) is 48.5 Å². The smallest absolute Gasteiger partial charge is 0.202 e. The minimum absolute atomic E-state index is 0.0610. The molecule has 0 N–H and O–H groups in total. The van der Waals surface area contributed by atoms with Gasteiger partial charge in [0.1, 0.15) is 17.2 Å². The predicted molar refractivity (Wildman–Crippen MR) is 109 cm³/mol. The second kappa shape index (κ2) is 8.21. The zero-order valence-electron chi connectivity index (χ0n) is 16.9. The number of ketones is 1. The largest absolute Gasteiger partial charge is 0.496 e. The third-order valence-corrected chi connectivity index (χ3v) is 4.72. The molecule has 28 heavy (non-hydrogen) atoms. The van der Waals surface area contributed by atoms with E-state index in [2.05, 4.69) is 35.8 Å². The molecule has 1 heterocycles. The summed E-state index contributed by atoms with van der Waals surface area (Å²) in [5.41, 5.74) is 4.81. The summed E-state index contributed by atoms with van der Waals surface area (Å²) in [4.78, 5) is 12.8. The molecule has 0 atom stereocenters. The Balaban J connectivity index is 1.80. The number of Topliss-reactive ketones (excluding diaryl/α,β-unsaturated/α-hetero) is 1. The van der Waals surface area contributed by atoms with Crippen LogP contribution in [-0.4, -0.2) is 31.2 Å². The van der Waals surface area contributed by atoms with Crippen LogP contribution in [0.5, 0.6) is 17.2 Å². The monoisotopic (exact) mass is 379 g/mol. The van der Waals surface area contributed by atoms with E-state index in [1.54, 1.807) is 32.4 Å². The molecular formula is C23H25NO4. The van der Waals surface area contributed by atoms with Crippen LogP contribution in [-0.2, 0) is 0 Å². The number of aryl methyl sites for hydroxylation is 2. The fourth-order valence-corrected chi connectivity index (χ4v) is 3.23. The number of rotatable bonds is 7. The van der Waals surface area contributed by atoms with E-state index in [9.17, 15) is 4.79 Å². The van der Waals surface area contributed by atoms with Crippen LogP contribution in [0.25, 0.3) is 5.69 Å². The summed E-state index contributed by atoms with van der Waals surface area (Å²) in [6, 6.07) is 15.4. The van der Waals surface area contributed by atoms with Gasteiger partial charge in [0, 0.05) is 40.8 Å². The minimum atomic E-state index is -0.0757. The second-order valence-electron chi connectivity index (χ2n) is 6.72. The molecule has 0 aliphatic carbocycles. The molecule has 0 bridgehead atoms. The maximum atomic E-state index is 12.8. The van der Waals surface area contributed by atoms with Gasteiger partial charge in [-0.1, -0.05) is 17.7 Å². The number of aromatic nitrogens is 1. The topological polar surface area (TPSA) is 49.7 Å². The zero-order valence-corrected chi connectivity index (χ0v) is 16.9. The molecule has 0 amide bonds. The summed E-state index contributed by atoms with van der Waals surface area (Å²) in [6.45, 7) is 5.94. The number of nitrogens with zero attached hydrogens (tertiary/aromatic N) is 1. The summed E-state index contributed by atoms with van der Waals surface area (Å²) >= 11 is 0. The van der Waals surface area contributed by atoms with Gasteiger partial charge < -0.3 is 18.8 Å². The Labute approximate surface area is 165 Å². The molecule has 0 aliphatic rings. The van der Waals surface area contributed by atoms with E-state index in [-0.39, 0.29) is 12.4 Å². The van der Waals surface area contributed by atoms with Crippen molar-refractivity contribution in [1.82, 2.24) is 4.57 Å². The molecule has 2 aromatic carbocycles. The molecule has 0 saturated heterocycles. The van der Waals surface area contributed by atoms with Crippen LogP contribution >= 0.6 is 0 Å². The van der Waals surface area contributed by atoms with Crippen LogP contribution in [0.3, 0.4) is 0 Å². The van der Waals surface area contributed by atoms with Crippen LogP contribution in [0.4, 0.5) is 0 Å². The van der Waals surface area contributed by atoms with Crippen molar-refractivity contribution in [3.05, 3.63) is 71.0 Å². The van der Waals surface area contributed by atoms with Gasteiger partial charge in [-0.25, -0.2) is 0 Å². The number of methoxy groups -OCH3 is 2. The lowest BCUT2D eigenvalue weighted by Gasteiger charge is -2.11. The van der Waals surface area contributed by atoms with Crippen molar-refractivity contribution in [2.75, 3.05) is 20.8 Å². The van der Waals surface area contributed by atoms with Gasteiger partial charge >= 0.3 is 0 Å². The Morgan fingerprint density at radius 1 is 0.857 bits per heavy atom. The van der Waals surface area contributed by atoms with Gasteiger partial charge in [0.15, 0.2) is 6.61 Å². The molecule has 0 aliphatic heterocycles. The Kier molecular flexibility index (Phi) is 5.73. The minimum Gasteiger partial charge on any atom is -0.496 e. The normalized spacial score (nSPS) is 10.6. The summed E-state index contributed by atoms with van der Waals surface area (Å²) in [6.07, 6.45) is 0. The highest BCUT2D eigenvalue weighted by Crippen LogP contribution is 2.28. The second-order valence-corrected chi connectivity index (χ2v) is 6.72. The molecule has 0 unspecified atom stereocenters. The standard InChI is InChI=1S/C23H25NO4/c1-15-6-8-18(9-7-15)24-16(2)10-22(17(24)3)23(25)14-28-21-12-19(26-4)11-20(13-21)27-5/h6-13H,14H2,1-5H3. The quantitative estimate of drug-likeness (QED) is 0.559. The van der Waals surface area contributed by atoms with Crippen LogP contribution in [0.2, 0.25) is 0 Å². The summed E-state index contributed by atoms with van der Waals surface area (Å²) in [5, 5.41) is 0. The first-order chi connectivity index (χ1) is 13.4. The fourth-order valence-electron chi connectivity index (χ4n) is 3.23. The average Bonchev–Trinajstić information content (AvgIpc) is 3.00. The third-order valence-electron chi connectivity index (χ3n) is 4.72. The van der Waals surface area contributed by atoms with Gasteiger partial charge in [-0.2, -0.15) is 0 Å². The first-order valence-electron chi connectivity index (χ1n) is 9.08. The maximum Gasteiger partial charge on any atom is 0.202 e. The van der Waals surface area contributed by atoms with Gasteiger partial charge in [0.25, 0.3) is 0 Å². The van der Waals surface area contributed by atoms with E-state index >= 15 is 0 Å². The van der Waals surface area contributed by atoms with Crippen LogP contribution in [0.1, 0.15) is 27.3 Å². The molecule has 5 heteroatoms. The lowest BCUT2D eigenvalue weighted by atomic mass is 10.1. The van der Waals surface area contributed by atoms with Gasteiger partial charge in [-0.05, 0) is 39.0 Å². The van der Waals surface area contributed by atoms with E-state index in [0.717, 1.165) is 17.1 Å². The Bertz CT molecular complexity index is 964. The molecule has 3 rings (SSSR count). The van der Waals surface area contributed by atoms with Crippen molar-refractivity contribution in [2.45, 2.75) is 20.8 Å². The van der Waals surface area contributed by atoms with E-state index in [4.69, 9.17) is 14.2 Å². The molecule has 1 aromatic heterocycles. The third kappa shape index (κ3) is 4.03. The Hall–Kier alpha value is -3.21. The van der Waals surface area contributed by atoms with E-state index < -0.39 is 0 Å². The first-order valence-corrected chi connectivity index (χ1v) is 9.08. The van der Waals surface area contributed by atoms with E-state index in [1.165, 1.54) is 5.56 Å². The highest BCUT2D eigenvalue weighted by molar-refractivity contribution is 5.98. The van der Waals surface area contributed by atoms with Crippen molar-refractivity contribution in [3.8, 4) is 22.9 Å². The lowest BCUT2D eigenvalue weighted by Crippen LogP contribution is -2.13. The molecule has 0 saturated carbocycles. The molecule has 0 fully saturated rings. The number of ether oxygens (including phenoxy) is 3. The van der Waals surface area contributed by atoms with E-state index in [0.29, 0.717) is 22.8 Å². The van der Waals surface area contributed by atoms with Gasteiger partial charge in [-0.15, -0.1) is 0 Å². The van der Waals surface area contributed by atoms with Crippen LogP contribution in [0, 0.1) is 20.8 Å². The summed E-state index contributed by atoms with van der Waals surface area (Å²) in [7, 11) is 3.15. The molecule has 0 radical (unpaired) electrons. The maximum absolute atomic E-state index is 12.8. The number of benzene rings is 2. The summed E-state index contributed by atoms with van der Waals surface area (Å²) in [5.74, 6) is 1.67. The van der Waals surface area contributed by atoms with Crippen molar-refractivity contribution >= 4 is 5.78 Å². The van der Waals surface area contributed by atoms with E-state index in [1.807, 2.05) is 19.9 Å². The fraction of sp³-hybridized carbons (Fsp3) is 0.261. The number of carbonyl (C=O) groups is 1. The van der Waals surface area contributed by atoms with Gasteiger partial charge in [0.2, 0.25) is 5.78 Å². The molecule has 146 valence electrons. The zero-order chi connectivity index (χ0) is 20.3. The summed E-state index contributed by atoms with van der Waals surface area (Å²) < 4.78 is 18.3. The molecular weight excluding hydrogens is 354 g/mol. The average molecular weight is 379 g/mol. The lowest BCUT2D eigenvalue weighted by molar-refractivity contribution is 0.0920. The first kappa shape index (κ1) is 19.5. The van der Waals surface area contributed by atoms with Crippen molar-refractivity contribution in [3.63, 3.8) is 0 Å².